The van der Waals surface area contributed by atoms with Crippen LogP contribution in [0.1, 0.15) is 33.8 Å². The fourth-order valence-electron chi connectivity index (χ4n) is 2.72. The van der Waals surface area contributed by atoms with Crippen molar-refractivity contribution in [2.75, 3.05) is 30.8 Å². The summed E-state index contributed by atoms with van der Waals surface area (Å²) in [5.41, 5.74) is 5.86. The third kappa shape index (κ3) is 3.84. The average molecular weight is 345 g/mol. The highest BCUT2D eigenvalue weighted by molar-refractivity contribution is 5.91. The number of H-pyrrole nitrogens is 1. The molecule has 0 spiro atoms. The molecule has 0 aliphatic carbocycles. The van der Waals surface area contributed by atoms with E-state index in [9.17, 15) is 9.59 Å². The highest BCUT2D eigenvalue weighted by atomic mass is 16.5. The molecule has 3 rings (SSSR count). The predicted molar refractivity (Wildman–Crippen MR) is 89.1 cm³/mol. The SMILES string of the molecule is COC(=O)c1ccnc(N2CCC(NC(=O)c3nc(N)n[nH]3)CC2)c1. The lowest BCUT2D eigenvalue weighted by molar-refractivity contribution is 0.0600. The molecule has 10 nitrogen and oxygen atoms in total. The molecule has 0 radical (unpaired) electrons. The van der Waals surface area contributed by atoms with Crippen molar-refractivity contribution in [3.8, 4) is 0 Å². The smallest absolute Gasteiger partial charge is 0.338 e. The number of anilines is 2. The molecule has 1 amide bonds. The number of carbonyl (C=O) groups is 2. The van der Waals surface area contributed by atoms with Gasteiger partial charge in [-0.15, -0.1) is 5.10 Å². The zero-order valence-corrected chi connectivity index (χ0v) is 13.7. The van der Waals surface area contributed by atoms with Crippen LogP contribution in [0.5, 0.6) is 0 Å². The van der Waals surface area contributed by atoms with Crippen LogP contribution in [0.4, 0.5) is 11.8 Å². The van der Waals surface area contributed by atoms with Gasteiger partial charge in [0.25, 0.3) is 5.91 Å². The summed E-state index contributed by atoms with van der Waals surface area (Å²) in [6.45, 7) is 1.42. The molecule has 132 valence electrons. The second-order valence-corrected chi connectivity index (χ2v) is 5.67. The monoisotopic (exact) mass is 345 g/mol. The van der Waals surface area contributed by atoms with E-state index in [0.29, 0.717) is 18.7 Å². The predicted octanol–water partition coefficient (Wildman–Crippen LogP) is -0.0327. The molecule has 1 fully saturated rings. The number of hydrogen-bond donors (Lipinski definition) is 3. The fourth-order valence-corrected chi connectivity index (χ4v) is 2.72. The molecule has 1 aliphatic rings. The Morgan fingerprint density at radius 1 is 1.40 bits per heavy atom. The summed E-state index contributed by atoms with van der Waals surface area (Å²) in [6.07, 6.45) is 3.09. The minimum atomic E-state index is -0.392. The standard InChI is InChI=1S/C15H19N7O3/c1-25-14(24)9-2-5-17-11(8-9)22-6-3-10(4-7-22)18-13(23)12-19-15(16)21-20-12/h2,5,8,10H,3-4,6-7H2,1H3,(H,18,23)(H3,16,19,20,21). The van der Waals surface area contributed by atoms with E-state index in [0.717, 1.165) is 18.7 Å². The van der Waals surface area contributed by atoms with Crippen LogP contribution in [0.25, 0.3) is 0 Å². The molecule has 10 heteroatoms. The van der Waals surface area contributed by atoms with Gasteiger partial charge in [-0.25, -0.2) is 9.78 Å². The van der Waals surface area contributed by atoms with Crippen LogP contribution >= 0.6 is 0 Å². The molecule has 0 unspecified atom stereocenters. The number of aromatic nitrogens is 4. The normalized spacial score (nSPS) is 15.0. The lowest BCUT2D eigenvalue weighted by atomic mass is 10.0. The quantitative estimate of drug-likeness (QED) is 0.656. The highest BCUT2D eigenvalue weighted by Crippen LogP contribution is 2.19. The molecule has 4 N–H and O–H groups in total. The van der Waals surface area contributed by atoms with Crippen LogP contribution in [0, 0.1) is 0 Å². The minimum Gasteiger partial charge on any atom is -0.465 e. The van der Waals surface area contributed by atoms with E-state index in [-0.39, 0.29) is 23.7 Å². The van der Waals surface area contributed by atoms with Crippen LogP contribution in [0.2, 0.25) is 0 Å². The molecule has 0 saturated carbocycles. The van der Waals surface area contributed by atoms with E-state index in [1.165, 1.54) is 7.11 Å². The van der Waals surface area contributed by atoms with E-state index in [4.69, 9.17) is 10.5 Å². The Hall–Kier alpha value is -3.17. The number of nitrogens with one attached hydrogen (secondary N) is 2. The molecule has 0 aromatic carbocycles. The number of hydrogen-bond acceptors (Lipinski definition) is 8. The van der Waals surface area contributed by atoms with Gasteiger partial charge in [-0.05, 0) is 25.0 Å². The molecule has 3 heterocycles. The Morgan fingerprint density at radius 3 is 2.80 bits per heavy atom. The van der Waals surface area contributed by atoms with Crippen molar-refractivity contribution in [1.29, 1.82) is 0 Å². The Bertz CT molecular complexity index is 768. The van der Waals surface area contributed by atoms with Crippen molar-refractivity contribution in [1.82, 2.24) is 25.5 Å². The first kappa shape index (κ1) is 16.7. The van der Waals surface area contributed by atoms with E-state index in [1.807, 2.05) is 0 Å². The highest BCUT2D eigenvalue weighted by Gasteiger charge is 2.23. The number of esters is 1. The Morgan fingerprint density at radius 2 is 2.16 bits per heavy atom. The van der Waals surface area contributed by atoms with Crippen LogP contribution in [0.15, 0.2) is 18.3 Å². The van der Waals surface area contributed by atoms with Crippen molar-refractivity contribution < 1.29 is 14.3 Å². The largest absolute Gasteiger partial charge is 0.465 e. The van der Waals surface area contributed by atoms with Gasteiger partial charge in [0.2, 0.25) is 11.8 Å². The molecule has 1 aliphatic heterocycles. The van der Waals surface area contributed by atoms with Crippen molar-refractivity contribution in [2.24, 2.45) is 0 Å². The number of carbonyl (C=O) groups excluding carboxylic acids is 2. The topological polar surface area (TPSA) is 139 Å². The van der Waals surface area contributed by atoms with E-state index in [1.54, 1.807) is 18.3 Å². The maximum atomic E-state index is 12.1. The third-order valence-electron chi connectivity index (χ3n) is 4.04. The number of ether oxygens (including phenoxy) is 1. The number of pyridine rings is 1. The van der Waals surface area contributed by atoms with Gasteiger partial charge in [0.15, 0.2) is 0 Å². The van der Waals surface area contributed by atoms with Crippen molar-refractivity contribution in [3.63, 3.8) is 0 Å². The zero-order chi connectivity index (χ0) is 17.8. The van der Waals surface area contributed by atoms with Gasteiger partial charge in [0, 0.05) is 25.3 Å². The lowest BCUT2D eigenvalue weighted by Gasteiger charge is -2.33. The molecule has 2 aromatic rings. The number of nitrogens with two attached hydrogens (primary N) is 1. The summed E-state index contributed by atoms with van der Waals surface area (Å²) < 4.78 is 4.73. The van der Waals surface area contributed by atoms with Gasteiger partial charge in [0.1, 0.15) is 5.82 Å². The number of nitrogen functional groups attached to an aromatic ring is 1. The molecular weight excluding hydrogens is 326 g/mol. The van der Waals surface area contributed by atoms with Crippen LogP contribution < -0.4 is 16.0 Å². The van der Waals surface area contributed by atoms with Crippen LogP contribution in [-0.4, -0.2) is 58.3 Å². The van der Waals surface area contributed by atoms with Gasteiger partial charge >= 0.3 is 5.97 Å². The zero-order valence-electron chi connectivity index (χ0n) is 13.7. The number of nitrogens with zero attached hydrogens (tertiary/aromatic N) is 4. The Kier molecular flexibility index (Phi) is 4.78. The first-order chi connectivity index (χ1) is 12.1. The second kappa shape index (κ2) is 7.16. The molecule has 0 bridgehead atoms. The maximum absolute atomic E-state index is 12.1. The molecule has 25 heavy (non-hydrogen) atoms. The number of methoxy groups -OCH3 is 1. The Balaban J connectivity index is 1.57. The maximum Gasteiger partial charge on any atom is 0.338 e. The van der Waals surface area contributed by atoms with E-state index in [2.05, 4.69) is 30.4 Å². The number of piperidine rings is 1. The summed E-state index contributed by atoms with van der Waals surface area (Å²) in [5, 5.41) is 9.04. The summed E-state index contributed by atoms with van der Waals surface area (Å²) in [4.78, 5) is 33.9. The Labute approximate surface area is 143 Å². The average Bonchev–Trinajstić information content (AvgIpc) is 3.08. The fraction of sp³-hybridized carbons (Fsp3) is 0.400. The van der Waals surface area contributed by atoms with Crippen molar-refractivity contribution in [3.05, 3.63) is 29.7 Å². The minimum absolute atomic E-state index is 0.0267. The summed E-state index contributed by atoms with van der Waals surface area (Å²) in [6, 6.07) is 3.35. The molecule has 0 atom stereocenters. The van der Waals surface area contributed by atoms with Gasteiger partial charge in [-0.3, -0.25) is 9.89 Å². The van der Waals surface area contributed by atoms with Crippen LogP contribution in [0.3, 0.4) is 0 Å². The van der Waals surface area contributed by atoms with Gasteiger partial charge < -0.3 is 20.7 Å². The lowest BCUT2D eigenvalue weighted by Crippen LogP contribution is -2.45. The summed E-state index contributed by atoms with van der Waals surface area (Å²) >= 11 is 0. The third-order valence-corrected chi connectivity index (χ3v) is 4.04. The molecule has 1 saturated heterocycles. The summed E-state index contributed by atoms with van der Waals surface area (Å²) in [7, 11) is 1.35. The van der Waals surface area contributed by atoms with Crippen molar-refractivity contribution in [2.45, 2.75) is 18.9 Å². The van der Waals surface area contributed by atoms with Gasteiger partial charge in [-0.1, -0.05) is 0 Å². The first-order valence-electron chi connectivity index (χ1n) is 7.85. The van der Waals surface area contributed by atoms with Crippen molar-refractivity contribution >= 4 is 23.6 Å². The number of rotatable bonds is 4. The van der Waals surface area contributed by atoms with Gasteiger partial charge in [-0.2, -0.15) is 4.98 Å². The van der Waals surface area contributed by atoms with Crippen LogP contribution in [-0.2, 0) is 4.74 Å². The second-order valence-electron chi connectivity index (χ2n) is 5.67. The first-order valence-corrected chi connectivity index (χ1v) is 7.85. The van der Waals surface area contributed by atoms with E-state index < -0.39 is 5.97 Å². The number of aromatic amines is 1. The van der Waals surface area contributed by atoms with E-state index >= 15 is 0 Å². The molecule has 2 aromatic heterocycles. The van der Waals surface area contributed by atoms with Gasteiger partial charge in [0.05, 0.1) is 12.7 Å². The molecular formula is C15H19N7O3. The summed E-state index contributed by atoms with van der Waals surface area (Å²) in [5.74, 6) is 0.144. The number of amides is 1.